The second-order valence-electron chi connectivity index (χ2n) is 7.11. The Kier molecular flexibility index (Phi) is 4.61. The van der Waals surface area contributed by atoms with Gasteiger partial charge in [0.2, 0.25) is 5.76 Å². The molecule has 1 aromatic heterocycles. The third kappa shape index (κ3) is 3.04. The lowest BCUT2D eigenvalue weighted by Gasteiger charge is -2.26. The fraction of sp³-hybridized carbons (Fsp3) is 0.238. The smallest absolute Gasteiger partial charge is 0.290 e. The van der Waals surface area contributed by atoms with Crippen LogP contribution in [0.3, 0.4) is 0 Å². The molecule has 144 valence electrons. The van der Waals surface area contributed by atoms with Gasteiger partial charge in [-0.3, -0.25) is 9.59 Å². The van der Waals surface area contributed by atoms with Crippen LogP contribution < -0.4 is 5.43 Å². The summed E-state index contributed by atoms with van der Waals surface area (Å²) in [6, 6.07) is 10.7. The van der Waals surface area contributed by atoms with Crippen LogP contribution in [-0.4, -0.2) is 48.0 Å². The van der Waals surface area contributed by atoms with Crippen LogP contribution in [-0.2, 0) is 0 Å². The van der Waals surface area contributed by atoms with Crippen molar-refractivity contribution in [2.24, 2.45) is 0 Å². The summed E-state index contributed by atoms with van der Waals surface area (Å²) in [4.78, 5) is 30.0. The van der Waals surface area contributed by atoms with Crippen molar-refractivity contribution >= 4 is 28.5 Å². The molecule has 0 fully saturated rings. The van der Waals surface area contributed by atoms with Gasteiger partial charge >= 0.3 is 0 Å². The highest BCUT2D eigenvalue weighted by Gasteiger charge is 2.42. The van der Waals surface area contributed by atoms with Crippen LogP contribution in [0.25, 0.3) is 11.0 Å². The molecule has 6 nitrogen and oxygen atoms in total. The van der Waals surface area contributed by atoms with E-state index in [9.17, 15) is 14.7 Å². The Hall–Kier alpha value is -2.83. The summed E-state index contributed by atoms with van der Waals surface area (Å²) in [5.74, 6) is -0.133. The first-order valence-corrected chi connectivity index (χ1v) is 9.25. The van der Waals surface area contributed by atoms with Crippen LogP contribution in [0.2, 0.25) is 5.02 Å². The summed E-state index contributed by atoms with van der Waals surface area (Å²) in [7, 11) is 3.84. The molecule has 1 unspecified atom stereocenters. The molecule has 0 saturated carbocycles. The summed E-state index contributed by atoms with van der Waals surface area (Å²) in [6.45, 7) is 1.06. The number of hydrogen-bond acceptors (Lipinski definition) is 5. The number of benzene rings is 2. The number of aromatic hydroxyl groups is 1. The molecule has 28 heavy (non-hydrogen) atoms. The van der Waals surface area contributed by atoms with Gasteiger partial charge in [0.05, 0.1) is 17.0 Å². The summed E-state index contributed by atoms with van der Waals surface area (Å²) in [5.41, 5.74) is 1.11. The zero-order valence-corrected chi connectivity index (χ0v) is 16.2. The zero-order valence-electron chi connectivity index (χ0n) is 15.5. The predicted molar refractivity (Wildman–Crippen MR) is 107 cm³/mol. The van der Waals surface area contributed by atoms with Crippen LogP contribution in [0.5, 0.6) is 5.75 Å². The number of phenolic OH excluding ortho intramolecular Hbond substituents is 1. The van der Waals surface area contributed by atoms with Crippen molar-refractivity contribution in [3.63, 3.8) is 0 Å². The first-order valence-electron chi connectivity index (χ1n) is 8.87. The predicted octanol–water partition coefficient (Wildman–Crippen LogP) is 3.26. The van der Waals surface area contributed by atoms with Crippen molar-refractivity contribution < 1.29 is 14.3 Å². The van der Waals surface area contributed by atoms with Gasteiger partial charge in [0.1, 0.15) is 11.3 Å². The zero-order chi connectivity index (χ0) is 20.0. The minimum Gasteiger partial charge on any atom is -0.508 e. The minimum atomic E-state index is -0.581. The van der Waals surface area contributed by atoms with Gasteiger partial charge in [-0.15, -0.1) is 0 Å². The third-order valence-electron chi connectivity index (χ3n) is 4.92. The highest BCUT2D eigenvalue weighted by Crippen LogP contribution is 2.38. The van der Waals surface area contributed by atoms with Crippen molar-refractivity contribution in [3.8, 4) is 5.75 Å². The lowest BCUT2D eigenvalue weighted by atomic mass is 9.98. The molecule has 0 radical (unpaired) electrons. The van der Waals surface area contributed by atoms with E-state index in [0.29, 0.717) is 34.6 Å². The molecular formula is C21H19ClN2O4. The number of likely N-dealkylation sites (N-methyl/N-ethyl adjacent to an activating group) is 1. The second kappa shape index (κ2) is 6.96. The Morgan fingerprint density at radius 1 is 1.14 bits per heavy atom. The summed E-state index contributed by atoms with van der Waals surface area (Å²) in [6.07, 6.45) is 0. The van der Waals surface area contributed by atoms with Gasteiger partial charge in [-0.05, 0) is 50.0 Å². The molecule has 1 amide bonds. The van der Waals surface area contributed by atoms with E-state index in [2.05, 4.69) is 0 Å². The van der Waals surface area contributed by atoms with E-state index >= 15 is 0 Å². The van der Waals surface area contributed by atoms with Crippen molar-refractivity contribution in [2.45, 2.75) is 6.04 Å². The van der Waals surface area contributed by atoms with Crippen LogP contribution in [0, 0.1) is 0 Å². The molecule has 0 bridgehead atoms. The monoisotopic (exact) mass is 398 g/mol. The average Bonchev–Trinajstić information content (AvgIpc) is 2.94. The third-order valence-corrected chi connectivity index (χ3v) is 5.16. The van der Waals surface area contributed by atoms with E-state index < -0.39 is 6.04 Å². The Labute approximate surface area is 166 Å². The Balaban J connectivity index is 1.94. The van der Waals surface area contributed by atoms with Crippen molar-refractivity contribution in [3.05, 3.63) is 74.6 Å². The first kappa shape index (κ1) is 18.5. The highest BCUT2D eigenvalue weighted by molar-refractivity contribution is 6.31. The number of hydrogen-bond donors (Lipinski definition) is 1. The van der Waals surface area contributed by atoms with Gasteiger partial charge in [0.15, 0.2) is 5.43 Å². The number of phenols is 1. The lowest BCUT2D eigenvalue weighted by molar-refractivity contribution is 0.0716. The van der Waals surface area contributed by atoms with Gasteiger partial charge in [-0.25, -0.2) is 0 Å². The average molecular weight is 399 g/mol. The maximum atomic E-state index is 13.3. The number of fused-ring (bicyclic) bond motifs is 2. The summed E-state index contributed by atoms with van der Waals surface area (Å²) >= 11 is 6.06. The number of carbonyl (C=O) groups excluding carboxylic acids is 1. The van der Waals surface area contributed by atoms with Gasteiger partial charge < -0.3 is 19.3 Å². The second-order valence-corrected chi connectivity index (χ2v) is 7.55. The van der Waals surface area contributed by atoms with Gasteiger partial charge in [-0.2, -0.15) is 0 Å². The van der Waals surface area contributed by atoms with E-state index in [1.54, 1.807) is 47.4 Å². The SMILES string of the molecule is CN(C)CCN1C(=O)c2oc3ccc(Cl)cc3c(=O)c2C1c1ccc(O)cc1. The molecular weight excluding hydrogens is 380 g/mol. The summed E-state index contributed by atoms with van der Waals surface area (Å²) in [5, 5.41) is 10.4. The minimum absolute atomic E-state index is 0.0663. The Morgan fingerprint density at radius 2 is 1.86 bits per heavy atom. The molecule has 3 aromatic rings. The molecule has 0 spiro atoms. The van der Waals surface area contributed by atoms with Gasteiger partial charge in [0.25, 0.3) is 5.91 Å². The fourth-order valence-electron chi connectivity index (χ4n) is 3.53. The standard InChI is InChI=1S/C21H19ClN2O4/c1-23(2)9-10-24-18(12-3-6-14(25)7-4-12)17-19(26)15-11-13(22)5-8-16(15)28-20(17)21(24)27/h3-8,11,18,25H,9-10H2,1-2H3. The number of carbonyl (C=O) groups is 1. The molecule has 7 heteroatoms. The van der Waals surface area contributed by atoms with Crippen molar-refractivity contribution in [1.82, 2.24) is 9.80 Å². The van der Waals surface area contributed by atoms with Crippen LogP contribution in [0.4, 0.5) is 0 Å². The van der Waals surface area contributed by atoms with Crippen LogP contribution in [0.1, 0.15) is 27.7 Å². The highest BCUT2D eigenvalue weighted by atomic mass is 35.5. The maximum absolute atomic E-state index is 13.3. The Bertz CT molecular complexity index is 1120. The van der Waals surface area contributed by atoms with Crippen LogP contribution in [0.15, 0.2) is 51.7 Å². The molecule has 1 aliphatic heterocycles. The quantitative estimate of drug-likeness (QED) is 0.730. The Morgan fingerprint density at radius 3 is 2.54 bits per heavy atom. The van der Waals surface area contributed by atoms with Crippen molar-refractivity contribution in [2.75, 3.05) is 27.2 Å². The normalized spacial score (nSPS) is 16.2. The van der Waals surface area contributed by atoms with E-state index in [4.69, 9.17) is 16.0 Å². The number of halogens is 1. The first-order chi connectivity index (χ1) is 13.4. The number of nitrogens with zero attached hydrogens (tertiary/aromatic N) is 2. The molecule has 2 heterocycles. The van der Waals surface area contributed by atoms with Gasteiger partial charge in [0, 0.05) is 18.1 Å². The largest absolute Gasteiger partial charge is 0.508 e. The molecule has 2 aromatic carbocycles. The van der Waals surface area contributed by atoms with E-state index in [1.165, 1.54) is 0 Å². The van der Waals surface area contributed by atoms with Crippen LogP contribution >= 0.6 is 11.6 Å². The molecule has 0 saturated heterocycles. The maximum Gasteiger partial charge on any atom is 0.290 e. The van der Waals surface area contributed by atoms with E-state index in [1.807, 2.05) is 19.0 Å². The molecule has 0 aliphatic carbocycles. The van der Waals surface area contributed by atoms with E-state index in [-0.39, 0.29) is 22.8 Å². The van der Waals surface area contributed by atoms with Crippen molar-refractivity contribution in [1.29, 1.82) is 0 Å². The topological polar surface area (TPSA) is 74.0 Å². The molecule has 1 N–H and O–H groups in total. The van der Waals surface area contributed by atoms with Gasteiger partial charge in [-0.1, -0.05) is 23.7 Å². The molecule has 1 aliphatic rings. The molecule has 4 rings (SSSR count). The van der Waals surface area contributed by atoms with E-state index in [0.717, 1.165) is 5.56 Å². The lowest BCUT2D eigenvalue weighted by Crippen LogP contribution is -2.35. The number of rotatable bonds is 4. The number of amides is 1. The summed E-state index contributed by atoms with van der Waals surface area (Å²) < 4.78 is 5.85. The fourth-order valence-corrected chi connectivity index (χ4v) is 3.71. The molecule has 1 atom stereocenters.